The molecule has 0 saturated carbocycles. The van der Waals surface area contributed by atoms with Crippen molar-refractivity contribution in [3.63, 3.8) is 0 Å². The average Bonchev–Trinajstić information content (AvgIpc) is 2.43. The maximum absolute atomic E-state index is 13.7. The summed E-state index contributed by atoms with van der Waals surface area (Å²) in [5.41, 5.74) is 0.847. The molecule has 80 valence electrons. The molecule has 0 heterocycles. The standard InChI is InChI=1S/C12H12F2O/c13-11-6-8-4-2-1-3-5-9(8)12(14)10(11)7-15/h6-7H,1-5H2. The maximum Gasteiger partial charge on any atom is 0.155 e. The molecule has 0 unspecified atom stereocenters. The van der Waals surface area contributed by atoms with Crippen LogP contribution in [-0.2, 0) is 12.8 Å². The van der Waals surface area contributed by atoms with Crippen LogP contribution in [0.5, 0.6) is 0 Å². The van der Waals surface area contributed by atoms with Gasteiger partial charge in [0.25, 0.3) is 0 Å². The van der Waals surface area contributed by atoms with Gasteiger partial charge in [-0.1, -0.05) is 6.42 Å². The molecule has 0 amide bonds. The molecule has 0 radical (unpaired) electrons. The topological polar surface area (TPSA) is 17.1 Å². The normalized spacial score (nSPS) is 15.6. The fourth-order valence-electron chi connectivity index (χ4n) is 2.12. The first-order valence-electron chi connectivity index (χ1n) is 5.19. The van der Waals surface area contributed by atoms with E-state index in [9.17, 15) is 13.6 Å². The second kappa shape index (κ2) is 4.09. The minimum Gasteiger partial charge on any atom is -0.298 e. The Morgan fingerprint density at radius 2 is 1.87 bits per heavy atom. The van der Waals surface area contributed by atoms with Crippen LogP contribution in [0, 0.1) is 11.6 Å². The third-order valence-electron chi connectivity index (χ3n) is 2.94. The van der Waals surface area contributed by atoms with E-state index in [-0.39, 0.29) is 6.29 Å². The first kappa shape index (κ1) is 10.3. The van der Waals surface area contributed by atoms with Crippen LogP contribution < -0.4 is 0 Å². The molecule has 2 rings (SSSR count). The first-order valence-corrected chi connectivity index (χ1v) is 5.19. The molecule has 1 aromatic rings. The van der Waals surface area contributed by atoms with Crippen LogP contribution in [0.15, 0.2) is 6.07 Å². The monoisotopic (exact) mass is 210 g/mol. The van der Waals surface area contributed by atoms with E-state index in [0.29, 0.717) is 18.4 Å². The largest absolute Gasteiger partial charge is 0.298 e. The smallest absolute Gasteiger partial charge is 0.155 e. The number of carbonyl (C=O) groups excluding carboxylic acids is 1. The van der Waals surface area contributed by atoms with E-state index in [0.717, 1.165) is 24.8 Å². The van der Waals surface area contributed by atoms with E-state index in [1.807, 2.05) is 0 Å². The van der Waals surface area contributed by atoms with E-state index < -0.39 is 17.2 Å². The minimum absolute atomic E-state index is 0.260. The van der Waals surface area contributed by atoms with Gasteiger partial charge in [0, 0.05) is 0 Å². The molecule has 0 aliphatic heterocycles. The van der Waals surface area contributed by atoms with Crippen LogP contribution >= 0.6 is 0 Å². The number of halogens is 2. The zero-order chi connectivity index (χ0) is 10.8. The summed E-state index contributed by atoms with van der Waals surface area (Å²) in [5.74, 6) is -1.38. The van der Waals surface area contributed by atoms with E-state index in [1.54, 1.807) is 0 Å². The molecule has 1 aliphatic rings. The van der Waals surface area contributed by atoms with Gasteiger partial charge in [0.05, 0.1) is 5.56 Å². The lowest BCUT2D eigenvalue weighted by Gasteiger charge is -2.09. The van der Waals surface area contributed by atoms with Crippen LogP contribution in [-0.4, -0.2) is 6.29 Å². The highest BCUT2D eigenvalue weighted by atomic mass is 19.1. The molecule has 1 aromatic carbocycles. The Labute approximate surface area is 87.1 Å². The van der Waals surface area contributed by atoms with Gasteiger partial charge in [-0.25, -0.2) is 8.78 Å². The summed E-state index contributed by atoms with van der Waals surface area (Å²) in [4.78, 5) is 10.5. The molecule has 0 bridgehead atoms. The van der Waals surface area contributed by atoms with Crippen molar-refractivity contribution in [3.8, 4) is 0 Å². The number of fused-ring (bicyclic) bond motifs is 1. The highest BCUT2D eigenvalue weighted by Crippen LogP contribution is 2.26. The summed E-state index contributed by atoms with van der Waals surface area (Å²) in [5, 5.41) is 0. The van der Waals surface area contributed by atoms with E-state index in [4.69, 9.17) is 0 Å². The molecule has 0 spiro atoms. The van der Waals surface area contributed by atoms with Gasteiger partial charge < -0.3 is 0 Å². The predicted molar refractivity (Wildman–Crippen MR) is 53.0 cm³/mol. The Kier molecular flexibility index (Phi) is 2.80. The molecule has 0 aromatic heterocycles. The molecule has 0 saturated heterocycles. The number of benzene rings is 1. The second-order valence-corrected chi connectivity index (χ2v) is 3.90. The lowest BCUT2D eigenvalue weighted by molar-refractivity contribution is 0.111. The van der Waals surface area contributed by atoms with Crippen molar-refractivity contribution >= 4 is 6.29 Å². The molecule has 0 atom stereocenters. The zero-order valence-corrected chi connectivity index (χ0v) is 8.35. The second-order valence-electron chi connectivity index (χ2n) is 3.90. The third kappa shape index (κ3) is 1.78. The molecule has 1 aliphatic carbocycles. The number of carbonyl (C=O) groups is 1. The lowest BCUT2D eigenvalue weighted by Crippen LogP contribution is -2.03. The van der Waals surface area contributed by atoms with Crippen LogP contribution in [0.25, 0.3) is 0 Å². The highest BCUT2D eigenvalue weighted by Gasteiger charge is 2.19. The molecule has 0 N–H and O–H groups in total. The van der Waals surface area contributed by atoms with Crippen LogP contribution in [0.3, 0.4) is 0 Å². The van der Waals surface area contributed by atoms with Gasteiger partial charge in [-0.3, -0.25) is 4.79 Å². The minimum atomic E-state index is -0.733. The van der Waals surface area contributed by atoms with E-state index in [1.165, 1.54) is 6.07 Å². The molecule has 15 heavy (non-hydrogen) atoms. The highest BCUT2D eigenvalue weighted by molar-refractivity contribution is 5.76. The fraction of sp³-hybridized carbons (Fsp3) is 0.417. The van der Waals surface area contributed by atoms with Gasteiger partial charge in [-0.2, -0.15) is 0 Å². The summed E-state index contributed by atoms with van der Waals surface area (Å²) in [7, 11) is 0. The number of aldehydes is 1. The molecule has 3 heteroatoms. The zero-order valence-electron chi connectivity index (χ0n) is 8.35. The van der Waals surface area contributed by atoms with Crippen LogP contribution in [0.1, 0.15) is 40.7 Å². The Balaban J connectivity index is 2.58. The maximum atomic E-state index is 13.7. The quantitative estimate of drug-likeness (QED) is 0.514. The molecular weight excluding hydrogens is 198 g/mol. The summed E-state index contributed by atoms with van der Waals surface area (Å²) in [6.07, 6.45) is 4.49. The van der Waals surface area contributed by atoms with Crippen molar-refractivity contribution in [3.05, 3.63) is 34.4 Å². The summed E-state index contributed by atoms with van der Waals surface area (Å²) < 4.78 is 27.0. The van der Waals surface area contributed by atoms with Gasteiger partial charge in [0.2, 0.25) is 0 Å². The van der Waals surface area contributed by atoms with Gasteiger partial charge >= 0.3 is 0 Å². The van der Waals surface area contributed by atoms with Crippen molar-refractivity contribution < 1.29 is 13.6 Å². The van der Waals surface area contributed by atoms with Gasteiger partial charge in [0.15, 0.2) is 6.29 Å². The van der Waals surface area contributed by atoms with Crippen molar-refractivity contribution in [1.82, 2.24) is 0 Å². The summed E-state index contributed by atoms with van der Waals surface area (Å²) >= 11 is 0. The number of aryl methyl sites for hydroxylation is 1. The fourth-order valence-corrected chi connectivity index (χ4v) is 2.12. The molecule has 0 fully saturated rings. The first-order chi connectivity index (χ1) is 7.24. The van der Waals surface area contributed by atoms with Gasteiger partial charge in [0.1, 0.15) is 11.6 Å². The van der Waals surface area contributed by atoms with Crippen molar-refractivity contribution in [1.29, 1.82) is 0 Å². The van der Waals surface area contributed by atoms with Crippen molar-refractivity contribution in [2.45, 2.75) is 32.1 Å². The Morgan fingerprint density at radius 3 is 2.60 bits per heavy atom. The summed E-state index contributed by atoms with van der Waals surface area (Å²) in [6.45, 7) is 0. The van der Waals surface area contributed by atoms with Gasteiger partial charge in [-0.05, 0) is 42.9 Å². The van der Waals surface area contributed by atoms with E-state index >= 15 is 0 Å². The SMILES string of the molecule is O=Cc1c(F)cc2c(c1F)CCCCC2. The predicted octanol–water partition coefficient (Wildman–Crippen LogP) is 3.05. The Morgan fingerprint density at radius 1 is 1.13 bits per heavy atom. The average molecular weight is 210 g/mol. The Bertz CT molecular complexity index is 399. The van der Waals surface area contributed by atoms with E-state index in [2.05, 4.69) is 0 Å². The lowest BCUT2D eigenvalue weighted by atomic mass is 9.99. The summed E-state index contributed by atoms with van der Waals surface area (Å²) in [6, 6.07) is 1.31. The van der Waals surface area contributed by atoms with Crippen LogP contribution in [0.4, 0.5) is 8.78 Å². The van der Waals surface area contributed by atoms with Gasteiger partial charge in [-0.15, -0.1) is 0 Å². The Hall–Kier alpha value is -1.25. The number of hydrogen-bond acceptors (Lipinski definition) is 1. The van der Waals surface area contributed by atoms with Crippen molar-refractivity contribution in [2.24, 2.45) is 0 Å². The number of hydrogen-bond donors (Lipinski definition) is 0. The third-order valence-corrected chi connectivity index (χ3v) is 2.94. The van der Waals surface area contributed by atoms with Crippen LogP contribution in [0.2, 0.25) is 0 Å². The van der Waals surface area contributed by atoms with Crippen molar-refractivity contribution in [2.75, 3.05) is 0 Å². The molecule has 1 nitrogen and oxygen atoms in total. The molecular formula is C12H12F2O. The number of rotatable bonds is 1.